The highest BCUT2D eigenvalue weighted by atomic mass is 19.1. The second-order valence-electron chi connectivity index (χ2n) is 13.6. The van der Waals surface area contributed by atoms with E-state index in [1.54, 1.807) is 17.9 Å². The Morgan fingerprint density at radius 3 is 2.75 bits per heavy atom. The summed E-state index contributed by atoms with van der Waals surface area (Å²) in [6.07, 6.45) is 9.95. The Morgan fingerprint density at radius 1 is 1.08 bits per heavy atom. The van der Waals surface area contributed by atoms with Gasteiger partial charge in [0.05, 0.1) is 10.9 Å². The van der Waals surface area contributed by atoms with Crippen LogP contribution in [0.1, 0.15) is 37.7 Å². The molecule has 0 radical (unpaired) electrons. The third-order valence-corrected chi connectivity index (χ3v) is 10.7. The van der Waals surface area contributed by atoms with E-state index in [2.05, 4.69) is 21.0 Å². The number of hydrogen-bond donors (Lipinski definition) is 2. The minimum atomic E-state index is -0.936. The summed E-state index contributed by atoms with van der Waals surface area (Å²) in [5, 5.41) is 20.9. The number of ether oxygens (including phenoxy) is 1. The van der Waals surface area contributed by atoms with Crippen LogP contribution in [0.3, 0.4) is 0 Å². The second-order valence-corrected chi connectivity index (χ2v) is 13.6. The number of nitrogens with zero attached hydrogens (tertiary/aromatic N) is 6. The van der Waals surface area contributed by atoms with Gasteiger partial charge in [0.15, 0.2) is 5.82 Å². The van der Waals surface area contributed by atoms with Gasteiger partial charge in [-0.3, -0.25) is 9.58 Å². The highest BCUT2D eigenvalue weighted by Gasteiger charge is 2.41. The van der Waals surface area contributed by atoms with Gasteiger partial charge in [0.2, 0.25) is 0 Å². The number of fused-ring (bicyclic) bond motifs is 7. The fraction of sp³-hybridized carbons (Fsp3) is 0.417. The molecule has 1 unspecified atom stereocenters. The van der Waals surface area contributed by atoms with Crippen molar-refractivity contribution < 1.29 is 23.0 Å². The number of aromatic hydroxyl groups is 1. The zero-order chi connectivity index (χ0) is 32.8. The Bertz CT molecular complexity index is 2180. The third-order valence-electron chi connectivity index (χ3n) is 10.7. The van der Waals surface area contributed by atoms with Gasteiger partial charge in [0, 0.05) is 67.3 Å². The first-order valence-corrected chi connectivity index (χ1v) is 16.6. The molecule has 246 valence electrons. The van der Waals surface area contributed by atoms with Crippen molar-refractivity contribution in [2.45, 2.75) is 62.5 Å². The lowest BCUT2D eigenvalue weighted by Gasteiger charge is -2.31. The number of aromatic nitrogens is 4. The van der Waals surface area contributed by atoms with Crippen LogP contribution in [0.2, 0.25) is 0 Å². The Labute approximate surface area is 274 Å². The summed E-state index contributed by atoms with van der Waals surface area (Å²) in [4.78, 5) is 14.1. The molecule has 2 bridgehead atoms. The molecule has 4 aliphatic rings. The molecule has 2 aromatic heterocycles. The molecular weight excluding hydrogens is 619 g/mol. The number of halogens is 3. The van der Waals surface area contributed by atoms with E-state index in [9.17, 15) is 9.50 Å². The van der Waals surface area contributed by atoms with E-state index in [1.165, 1.54) is 24.3 Å². The molecule has 3 aromatic carbocycles. The first-order valence-electron chi connectivity index (χ1n) is 16.6. The number of nitrogens with one attached hydrogen (secondary N) is 1. The van der Waals surface area contributed by atoms with Gasteiger partial charge in [0.1, 0.15) is 40.7 Å². The molecule has 5 aromatic rings. The highest BCUT2D eigenvalue weighted by Crippen LogP contribution is 2.46. The summed E-state index contributed by atoms with van der Waals surface area (Å²) in [6, 6.07) is 6.10. The average Bonchev–Trinajstić information content (AvgIpc) is 3.87. The number of phenolic OH excluding ortho intramolecular Hbond substituents is 1. The number of phenols is 1. The molecule has 9 nitrogen and oxygen atoms in total. The minimum Gasteiger partial charge on any atom is -0.508 e. The Balaban J connectivity index is 1.31. The number of terminal acetylenes is 1. The summed E-state index contributed by atoms with van der Waals surface area (Å²) in [6.45, 7) is 2.66. The van der Waals surface area contributed by atoms with Crippen LogP contribution in [0.25, 0.3) is 43.7 Å². The Morgan fingerprint density at radius 2 is 1.96 bits per heavy atom. The van der Waals surface area contributed by atoms with Gasteiger partial charge in [-0.2, -0.15) is 15.1 Å². The predicted octanol–water partition coefficient (Wildman–Crippen LogP) is 5.20. The average molecular weight is 654 g/mol. The van der Waals surface area contributed by atoms with Crippen molar-refractivity contribution in [3.05, 3.63) is 47.7 Å². The SMILES string of the molecule is C#Cc1c(F)ccc2cc(O)cc(-c3c(F)c4nc(OC5CC[C@@H](F)CN6CCC[C@H]56)nc(N5C[C@H]6C[C@@H]5CN6)c4c4cn(C)nc34)c12. The summed E-state index contributed by atoms with van der Waals surface area (Å²) in [5.41, 5.74) is 0.531. The van der Waals surface area contributed by atoms with Gasteiger partial charge in [0.25, 0.3) is 0 Å². The van der Waals surface area contributed by atoms with Gasteiger partial charge in [-0.1, -0.05) is 12.0 Å². The lowest BCUT2D eigenvalue weighted by atomic mass is 9.91. The fourth-order valence-corrected chi connectivity index (χ4v) is 8.66. The summed E-state index contributed by atoms with van der Waals surface area (Å²) in [5.74, 6) is 1.51. The van der Waals surface area contributed by atoms with E-state index < -0.39 is 17.8 Å². The maximum absolute atomic E-state index is 17.5. The smallest absolute Gasteiger partial charge is 0.319 e. The van der Waals surface area contributed by atoms with Gasteiger partial charge in [-0.05, 0) is 67.8 Å². The molecule has 2 N–H and O–H groups in total. The van der Waals surface area contributed by atoms with Crippen molar-refractivity contribution in [1.29, 1.82) is 0 Å². The van der Waals surface area contributed by atoms with E-state index in [4.69, 9.17) is 26.2 Å². The maximum Gasteiger partial charge on any atom is 0.319 e. The summed E-state index contributed by atoms with van der Waals surface area (Å²) < 4.78 is 55.5. The number of rotatable bonds is 4. The van der Waals surface area contributed by atoms with Crippen LogP contribution in [0.4, 0.5) is 19.0 Å². The van der Waals surface area contributed by atoms with E-state index >= 15 is 8.78 Å². The van der Waals surface area contributed by atoms with Gasteiger partial charge < -0.3 is 20.1 Å². The maximum atomic E-state index is 17.5. The van der Waals surface area contributed by atoms with Crippen molar-refractivity contribution in [1.82, 2.24) is 30.0 Å². The van der Waals surface area contributed by atoms with Crippen molar-refractivity contribution in [3.63, 3.8) is 0 Å². The Kier molecular flexibility index (Phi) is 6.75. The van der Waals surface area contributed by atoms with Crippen LogP contribution in [-0.4, -0.2) is 86.3 Å². The molecule has 12 heteroatoms. The molecule has 0 aliphatic carbocycles. The monoisotopic (exact) mass is 653 g/mol. The number of benzene rings is 3. The van der Waals surface area contributed by atoms with Crippen molar-refractivity contribution in [2.24, 2.45) is 7.05 Å². The molecule has 48 heavy (non-hydrogen) atoms. The number of aryl methyl sites for hydroxylation is 1. The van der Waals surface area contributed by atoms with E-state index in [0.717, 1.165) is 32.4 Å². The summed E-state index contributed by atoms with van der Waals surface area (Å²) >= 11 is 0. The van der Waals surface area contributed by atoms with Crippen LogP contribution < -0.4 is 15.0 Å². The normalized spacial score (nSPS) is 25.6. The summed E-state index contributed by atoms with van der Waals surface area (Å²) in [7, 11) is 1.75. The third kappa shape index (κ3) is 4.51. The fourth-order valence-electron chi connectivity index (χ4n) is 8.66. The van der Waals surface area contributed by atoms with Crippen molar-refractivity contribution in [2.75, 3.05) is 31.1 Å². The molecule has 5 atom stereocenters. The number of anilines is 1. The van der Waals surface area contributed by atoms with E-state index in [-0.39, 0.29) is 63.6 Å². The first-order chi connectivity index (χ1) is 23.3. The Hall–Kier alpha value is -4.60. The molecule has 6 heterocycles. The van der Waals surface area contributed by atoms with E-state index in [0.29, 0.717) is 53.4 Å². The van der Waals surface area contributed by atoms with E-state index in [1.807, 2.05) is 0 Å². The van der Waals surface area contributed by atoms with Crippen LogP contribution in [0, 0.1) is 24.0 Å². The predicted molar refractivity (Wildman–Crippen MR) is 177 cm³/mol. The van der Waals surface area contributed by atoms with Crippen LogP contribution >= 0.6 is 0 Å². The van der Waals surface area contributed by atoms with Gasteiger partial charge in [-0.25, -0.2) is 13.2 Å². The molecular formula is C36H34F3N7O2. The van der Waals surface area contributed by atoms with Crippen molar-refractivity contribution >= 4 is 38.4 Å². The zero-order valence-corrected chi connectivity index (χ0v) is 26.4. The number of alkyl halides is 1. The molecule has 0 amide bonds. The largest absolute Gasteiger partial charge is 0.508 e. The lowest BCUT2D eigenvalue weighted by Crippen LogP contribution is -2.44. The van der Waals surface area contributed by atoms with Crippen LogP contribution in [0.15, 0.2) is 30.5 Å². The van der Waals surface area contributed by atoms with Crippen LogP contribution in [0.5, 0.6) is 11.8 Å². The highest BCUT2D eigenvalue weighted by molar-refractivity contribution is 6.18. The van der Waals surface area contributed by atoms with Gasteiger partial charge >= 0.3 is 6.01 Å². The molecule has 4 saturated heterocycles. The van der Waals surface area contributed by atoms with Crippen molar-refractivity contribution in [3.8, 4) is 35.2 Å². The molecule has 0 saturated carbocycles. The number of piperazine rings is 1. The second kappa shape index (κ2) is 11.0. The van der Waals surface area contributed by atoms with Crippen LogP contribution in [-0.2, 0) is 7.05 Å². The number of hydrogen-bond acceptors (Lipinski definition) is 8. The lowest BCUT2D eigenvalue weighted by molar-refractivity contribution is 0.0910. The standard InChI is InChI=1S/C36H34F3N7O2/c1-3-23-26(38)8-6-18-11-22(47)13-24(29(18)23)30-32(39)34-31(25-17-44(2)43-33(25)30)35(46-16-20-12-21(46)14-40-20)42-36(41-34)48-28-9-7-19(37)15-45-10-4-5-27(28)45/h1,6,8,11,13,17,19-21,27-28,40,47H,4-5,7,9-10,12,14-16H2,2H3/t19-,20-,21-,27-,28?/m1/s1. The van der Waals surface area contributed by atoms with Gasteiger partial charge in [-0.15, -0.1) is 6.42 Å². The molecule has 9 rings (SSSR count). The quantitative estimate of drug-likeness (QED) is 0.256. The topological polar surface area (TPSA) is 91.6 Å². The first kappa shape index (κ1) is 29.5. The molecule has 4 aliphatic heterocycles. The molecule has 0 spiro atoms. The minimum absolute atomic E-state index is 0.0247. The molecule has 4 fully saturated rings. The zero-order valence-electron chi connectivity index (χ0n) is 26.4.